The summed E-state index contributed by atoms with van der Waals surface area (Å²) in [6.45, 7) is 2.25. The lowest BCUT2D eigenvalue weighted by atomic mass is 9.99. The van der Waals surface area contributed by atoms with Crippen molar-refractivity contribution < 1.29 is 5.11 Å². The lowest BCUT2D eigenvalue weighted by Gasteiger charge is -2.18. The van der Waals surface area contributed by atoms with Gasteiger partial charge in [0.15, 0.2) is 0 Å². The Labute approximate surface area is 119 Å². The fourth-order valence-corrected chi connectivity index (χ4v) is 4.01. The number of aliphatic hydroxyl groups excluding tert-OH is 1. The van der Waals surface area contributed by atoms with Gasteiger partial charge in [-0.3, -0.25) is 0 Å². The van der Waals surface area contributed by atoms with Crippen molar-refractivity contribution in [3.63, 3.8) is 0 Å². The highest BCUT2D eigenvalue weighted by atomic mass is 35.5. The van der Waals surface area contributed by atoms with E-state index in [1.165, 1.54) is 25.7 Å². The second-order valence-electron chi connectivity index (χ2n) is 5.16. The van der Waals surface area contributed by atoms with Crippen molar-refractivity contribution in [1.29, 1.82) is 0 Å². The monoisotopic (exact) mass is 284 g/mol. The number of halogens is 1. The molecule has 1 aromatic carbocycles. The molecule has 1 aromatic rings. The summed E-state index contributed by atoms with van der Waals surface area (Å²) in [6.07, 6.45) is 4.72. The van der Waals surface area contributed by atoms with Gasteiger partial charge in [-0.25, -0.2) is 0 Å². The van der Waals surface area contributed by atoms with Gasteiger partial charge >= 0.3 is 0 Å². The van der Waals surface area contributed by atoms with Crippen molar-refractivity contribution in [1.82, 2.24) is 0 Å². The average Bonchev–Trinajstić information content (AvgIpc) is 2.86. The number of benzene rings is 1. The van der Waals surface area contributed by atoms with Crippen molar-refractivity contribution >= 4 is 23.4 Å². The van der Waals surface area contributed by atoms with Crippen LogP contribution in [0.15, 0.2) is 29.2 Å². The molecule has 100 valence electrons. The summed E-state index contributed by atoms with van der Waals surface area (Å²) in [5.41, 5.74) is 0. The zero-order valence-electron chi connectivity index (χ0n) is 10.8. The van der Waals surface area contributed by atoms with Crippen LogP contribution in [0.1, 0.15) is 32.6 Å². The van der Waals surface area contributed by atoms with E-state index in [9.17, 15) is 5.11 Å². The van der Waals surface area contributed by atoms with Crippen molar-refractivity contribution in [2.45, 2.75) is 43.6 Å². The number of hydrogen-bond donors (Lipinski definition) is 1. The minimum atomic E-state index is -0.192. The first kappa shape index (κ1) is 14.2. The molecule has 0 aromatic heterocycles. The highest BCUT2D eigenvalue weighted by Gasteiger charge is 2.28. The van der Waals surface area contributed by atoms with Crippen LogP contribution in [-0.2, 0) is 0 Å². The van der Waals surface area contributed by atoms with Crippen LogP contribution in [0.25, 0.3) is 0 Å². The van der Waals surface area contributed by atoms with Crippen molar-refractivity contribution in [2.24, 2.45) is 11.8 Å². The molecular weight excluding hydrogens is 264 g/mol. The summed E-state index contributed by atoms with van der Waals surface area (Å²) in [7, 11) is 0. The molecule has 3 heteroatoms. The molecule has 1 nitrogen and oxygen atoms in total. The summed E-state index contributed by atoms with van der Waals surface area (Å²) in [4.78, 5) is 1.07. The Hall–Kier alpha value is -0.180. The van der Waals surface area contributed by atoms with Gasteiger partial charge in [0.25, 0.3) is 0 Å². The molecule has 1 fully saturated rings. The van der Waals surface area contributed by atoms with Crippen LogP contribution in [0.3, 0.4) is 0 Å². The van der Waals surface area contributed by atoms with Gasteiger partial charge in [-0.15, -0.1) is 11.8 Å². The second kappa shape index (κ2) is 6.83. The quantitative estimate of drug-likeness (QED) is 0.796. The van der Waals surface area contributed by atoms with E-state index >= 15 is 0 Å². The number of thioether (sulfide) groups is 1. The average molecular weight is 285 g/mol. The summed E-state index contributed by atoms with van der Waals surface area (Å²) in [5, 5.41) is 11.0. The Bertz CT molecular complexity index is 383. The van der Waals surface area contributed by atoms with Gasteiger partial charge in [-0.1, -0.05) is 43.5 Å². The van der Waals surface area contributed by atoms with Gasteiger partial charge in [0.05, 0.1) is 11.1 Å². The van der Waals surface area contributed by atoms with Crippen molar-refractivity contribution in [3.8, 4) is 0 Å². The third kappa shape index (κ3) is 3.66. The van der Waals surface area contributed by atoms with Crippen LogP contribution >= 0.6 is 23.4 Å². The molecule has 1 N–H and O–H groups in total. The van der Waals surface area contributed by atoms with Gasteiger partial charge in [0.2, 0.25) is 0 Å². The molecule has 18 heavy (non-hydrogen) atoms. The minimum absolute atomic E-state index is 0.192. The number of hydrogen-bond acceptors (Lipinski definition) is 2. The van der Waals surface area contributed by atoms with E-state index in [2.05, 4.69) is 6.92 Å². The summed E-state index contributed by atoms with van der Waals surface area (Å²) in [5.74, 6) is 2.07. The molecular formula is C15H21ClOS. The Morgan fingerprint density at radius 2 is 2.17 bits per heavy atom. The predicted molar refractivity (Wildman–Crippen MR) is 79.3 cm³/mol. The lowest BCUT2D eigenvalue weighted by Crippen LogP contribution is -2.20. The fraction of sp³-hybridized carbons (Fsp3) is 0.600. The summed E-state index contributed by atoms with van der Waals surface area (Å²) >= 11 is 7.78. The number of aliphatic hydroxyl groups is 1. The van der Waals surface area contributed by atoms with E-state index in [4.69, 9.17) is 11.6 Å². The highest BCUT2D eigenvalue weighted by Crippen LogP contribution is 2.37. The van der Waals surface area contributed by atoms with E-state index in [0.717, 1.165) is 21.6 Å². The van der Waals surface area contributed by atoms with Crippen molar-refractivity contribution in [2.75, 3.05) is 5.75 Å². The molecule has 1 saturated carbocycles. The SMILES string of the molecule is CCC1CCC(C(O)CSc2ccccc2Cl)C1. The summed E-state index contributed by atoms with van der Waals surface area (Å²) < 4.78 is 0. The van der Waals surface area contributed by atoms with Crippen LogP contribution in [-0.4, -0.2) is 17.0 Å². The molecule has 0 spiro atoms. The van der Waals surface area contributed by atoms with E-state index in [0.29, 0.717) is 5.92 Å². The van der Waals surface area contributed by atoms with E-state index < -0.39 is 0 Å². The molecule has 2 rings (SSSR count). The molecule has 0 radical (unpaired) electrons. The standard InChI is InChI=1S/C15H21ClOS/c1-2-11-7-8-12(9-11)14(17)10-18-15-6-4-3-5-13(15)16/h3-6,11-12,14,17H,2,7-10H2,1H3. The largest absolute Gasteiger partial charge is 0.392 e. The molecule has 0 amide bonds. The molecule has 3 unspecified atom stereocenters. The first-order valence-corrected chi connectivity index (χ1v) is 8.12. The molecule has 1 aliphatic rings. The molecule has 1 aliphatic carbocycles. The van der Waals surface area contributed by atoms with Crippen LogP contribution in [0, 0.1) is 11.8 Å². The highest BCUT2D eigenvalue weighted by molar-refractivity contribution is 7.99. The zero-order valence-corrected chi connectivity index (χ0v) is 12.4. The fourth-order valence-electron chi connectivity index (χ4n) is 2.71. The molecule has 0 saturated heterocycles. The Morgan fingerprint density at radius 1 is 1.39 bits per heavy atom. The maximum atomic E-state index is 10.3. The maximum Gasteiger partial charge on any atom is 0.0662 e. The van der Waals surface area contributed by atoms with E-state index in [-0.39, 0.29) is 6.10 Å². The van der Waals surface area contributed by atoms with Crippen LogP contribution < -0.4 is 0 Å². The third-order valence-electron chi connectivity index (χ3n) is 3.95. The van der Waals surface area contributed by atoms with Gasteiger partial charge in [0.1, 0.15) is 0 Å². The van der Waals surface area contributed by atoms with Crippen LogP contribution in [0.2, 0.25) is 5.02 Å². The van der Waals surface area contributed by atoms with Crippen LogP contribution in [0.5, 0.6) is 0 Å². The normalized spacial score (nSPS) is 25.3. The van der Waals surface area contributed by atoms with Gasteiger partial charge in [-0.2, -0.15) is 0 Å². The predicted octanol–water partition coefficient (Wildman–Crippen LogP) is 4.62. The first-order chi connectivity index (χ1) is 8.70. The Kier molecular flexibility index (Phi) is 5.40. The molecule has 3 atom stereocenters. The molecule has 0 heterocycles. The Balaban J connectivity index is 1.82. The van der Waals surface area contributed by atoms with Crippen LogP contribution in [0.4, 0.5) is 0 Å². The molecule has 0 aliphatic heterocycles. The smallest absolute Gasteiger partial charge is 0.0662 e. The third-order valence-corrected chi connectivity index (χ3v) is 5.57. The van der Waals surface area contributed by atoms with Gasteiger partial charge in [0, 0.05) is 10.6 Å². The molecule has 0 bridgehead atoms. The van der Waals surface area contributed by atoms with Crippen molar-refractivity contribution in [3.05, 3.63) is 29.3 Å². The topological polar surface area (TPSA) is 20.2 Å². The second-order valence-corrected chi connectivity index (χ2v) is 6.63. The first-order valence-electron chi connectivity index (χ1n) is 6.76. The summed E-state index contributed by atoms with van der Waals surface area (Å²) in [6, 6.07) is 7.84. The minimum Gasteiger partial charge on any atom is -0.392 e. The van der Waals surface area contributed by atoms with E-state index in [1.807, 2.05) is 24.3 Å². The maximum absolute atomic E-state index is 10.3. The van der Waals surface area contributed by atoms with E-state index in [1.54, 1.807) is 11.8 Å². The Morgan fingerprint density at radius 3 is 2.83 bits per heavy atom. The number of rotatable bonds is 5. The van der Waals surface area contributed by atoms with Gasteiger partial charge < -0.3 is 5.11 Å². The zero-order chi connectivity index (χ0) is 13.0. The lowest BCUT2D eigenvalue weighted by molar-refractivity contribution is 0.131. The van der Waals surface area contributed by atoms with Gasteiger partial charge in [-0.05, 0) is 36.8 Å².